The van der Waals surface area contributed by atoms with E-state index in [4.69, 9.17) is 0 Å². The van der Waals surface area contributed by atoms with Gasteiger partial charge in [-0.1, -0.05) is 13.3 Å². The van der Waals surface area contributed by atoms with Gasteiger partial charge in [0, 0.05) is 18.7 Å². The van der Waals surface area contributed by atoms with Crippen LogP contribution in [-0.2, 0) is 0 Å². The van der Waals surface area contributed by atoms with Crippen molar-refractivity contribution in [2.75, 3.05) is 6.54 Å². The first-order chi connectivity index (χ1) is 10.0. The van der Waals surface area contributed by atoms with E-state index in [0.29, 0.717) is 6.54 Å². The molecule has 1 heterocycles. The molecule has 1 amide bonds. The van der Waals surface area contributed by atoms with Gasteiger partial charge in [0.1, 0.15) is 11.4 Å². The molecule has 6 heteroatoms. The van der Waals surface area contributed by atoms with Gasteiger partial charge in [0.15, 0.2) is 0 Å². The number of hydrogen-bond donors (Lipinski definition) is 0. The van der Waals surface area contributed by atoms with Crippen molar-refractivity contribution in [1.82, 2.24) is 4.90 Å². The van der Waals surface area contributed by atoms with Crippen molar-refractivity contribution in [2.24, 2.45) is 0 Å². The average molecular weight is 294 g/mol. The molecule has 0 aliphatic carbocycles. The van der Waals surface area contributed by atoms with Crippen LogP contribution in [0.5, 0.6) is 0 Å². The van der Waals surface area contributed by atoms with Gasteiger partial charge in [0.25, 0.3) is 11.6 Å². The Morgan fingerprint density at radius 1 is 1.48 bits per heavy atom. The van der Waals surface area contributed by atoms with Crippen molar-refractivity contribution in [3.8, 4) is 0 Å². The molecule has 1 aliphatic rings. The molecule has 0 spiro atoms. The van der Waals surface area contributed by atoms with Crippen LogP contribution in [0, 0.1) is 15.9 Å². The Morgan fingerprint density at radius 3 is 2.90 bits per heavy atom. The normalized spacial score (nSPS) is 18.6. The molecule has 1 fully saturated rings. The number of piperidine rings is 1. The van der Waals surface area contributed by atoms with Crippen molar-refractivity contribution in [3.05, 3.63) is 39.7 Å². The zero-order valence-electron chi connectivity index (χ0n) is 12.0. The highest BCUT2D eigenvalue weighted by Gasteiger charge is 2.31. The van der Waals surface area contributed by atoms with E-state index in [2.05, 4.69) is 0 Å². The number of nitro groups is 1. The summed E-state index contributed by atoms with van der Waals surface area (Å²) in [7, 11) is 0. The van der Waals surface area contributed by atoms with Crippen LogP contribution in [-0.4, -0.2) is 28.3 Å². The maximum Gasteiger partial charge on any atom is 0.282 e. The third-order valence-corrected chi connectivity index (χ3v) is 3.90. The zero-order chi connectivity index (χ0) is 15.4. The summed E-state index contributed by atoms with van der Waals surface area (Å²) in [4.78, 5) is 24.7. The predicted octanol–water partition coefficient (Wildman–Crippen LogP) is 3.53. The van der Waals surface area contributed by atoms with Gasteiger partial charge in [-0.05, 0) is 37.8 Å². The molecule has 1 aromatic rings. The first-order valence-electron chi connectivity index (χ1n) is 7.29. The summed E-state index contributed by atoms with van der Waals surface area (Å²) in [5, 5.41) is 11.0. The molecule has 0 N–H and O–H groups in total. The standard InChI is InChI=1S/C15H19FN2O3/c1-2-5-12-6-3-4-9-17(12)15(19)13-10-11(16)7-8-14(13)18(20)21/h7-8,10,12H,2-6,9H2,1H3. The molecular formula is C15H19FN2O3. The minimum atomic E-state index is -0.633. The van der Waals surface area contributed by atoms with E-state index in [1.807, 2.05) is 6.92 Å². The van der Waals surface area contributed by atoms with Gasteiger partial charge in [-0.3, -0.25) is 14.9 Å². The smallest absolute Gasteiger partial charge is 0.282 e. The summed E-state index contributed by atoms with van der Waals surface area (Å²) >= 11 is 0. The Hall–Kier alpha value is -1.98. The van der Waals surface area contributed by atoms with Crippen molar-refractivity contribution in [1.29, 1.82) is 0 Å². The number of rotatable bonds is 4. The number of benzene rings is 1. The minimum Gasteiger partial charge on any atom is -0.335 e. The lowest BCUT2D eigenvalue weighted by atomic mass is 9.97. The Labute approximate surface area is 122 Å². The van der Waals surface area contributed by atoms with Crippen LogP contribution in [0.15, 0.2) is 18.2 Å². The molecule has 1 aliphatic heterocycles. The van der Waals surface area contributed by atoms with Gasteiger partial charge in [-0.15, -0.1) is 0 Å². The highest BCUT2D eigenvalue weighted by molar-refractivity contribution is 5.98. The number of nitrogens with zero attached hydrogens (tertiary/aromatic N) is 2. The molecule has 0 bridgehead atoms. The maximum atomic E-state index is 13.4. The van der Waals surface area contributed by atoms with Crippen molar-refractivity contribution < 1.29 is 14.1 Å². The SMILES string of the molecule is CCCC1CCCCN1C(=O)c1cc(F)ccc1[N+](=O)[O-]. The number of carbonyl (C=O) groups excluding carboxylic acids is 1. The fourth-order valence-corrected chi connectivity index (χ4v) is 2.89. The lowest BCUT2D eigenvalue weighted by Gasteiger charge is -2.35. The van der Waals surface area contributed by atoms with Crippen LogP contribution in [0.25, 0.3) is 0 Å². The Morgan fingerprint density at radius 2 is 2.24 bits per heavy atom. The number of hydrogen-bond acceptors (Lipinski definition) is 3. The van der Waals surface area contributed by atoms with Gasteiger partial charge in [-0.2, -0.15) is 0 Å². The molecule has 0 saturated carbocycles. The molecule has 5 nitrogen and oxygen atoms in total. The molecule has 1 unspecified atom stereocenters. The third kappa shape index (κ3) is 3.37. The number of nitro benzene ring substituents is 1. The number of halogens is 1. The van der Waals surface area contributed by atoms with Gasteiger partial charge >= 0.3 is 0 Å². The van der Waals surface area contributed by atoms with Crippen LogP contribution < -0.4 is 0 Å². The molecule has 21 heavy (non-hydrogen) atoms. The lowest BCUT2D eigenvalue weighted by molar-refractivity contribution is -0.385. The van der Waals surface area contributed by atoms with E-state index in [1.54, 1.807) is 4.90 Å². The van der Waals surface area contributed by atoms with E-state index < -0.39 is 16.6 Å². The van der Waals surface area contributed by atoms with Crippen LogP contribution in [0.1, 0.15) is 49.4 Å². The molecule has 0 radical (unpaired) electrons. The largest absolute Gasteiger partial charge is 0.335 e. The van der Waals surface area contributed by atoms with Crippen molar-refractivity contribution in [2.45, 2.75) is 45.1 Å². The van der Waals surface area contributed by atoms with Crippen LogP contribution in [0.4, 0.5) is 10.1 Å². The van der Waals surface area contributed by atoms with Crippen LogP contribution >= 0.6 is 0 Å². The molecule has 1 saturated heterocycles. The lowest BCUT2D eigenvalue weighted by Crippen LogP contribution is -2.43. The predicted molar refractivity (Wildman–Crippen MR) is 76.6 cm³/mol. The highest BCUT2D eigenvalue weighted by atomic mass is 19.1. The quantitative estimate of drug-likeness (QED) is 0.630. The molecule has 1 aromatic carbocycles. The fourth-order valence-electron chi connectivity index (χ4n) is 2.89. The van der Waals surface area contributed by atoms with Gasteiger partial charge in [-0.25, -0.2) is 4.39 Å². The first kappa shape index (κ1) is 15.4. The monoisotopic (exact) mass is 294 g/mol. The minimum absolute atomic E-state index is 0.0964. The second-order valence-corrected chi connectivity index (χ2v) is 5.36. The number of amides is 1. The van der Waals surface area contributed by atoms with Crippen molar-refractivity contribution >= 4 is 11.6 Å². The molecular weight excluding hydrogens is 275 g/mol. The summed E-state index contributed by atoms with van der Waals surface area (Å²) in [6, 6.07) is 3.13. The second-order valence-electron chi connectivity index (χ2n) is 5.36. The van der Waals surface area contributed by atoms with E-state index >= 15 is 0 Å². The van der Waals surface area contributed by atoms with E-state index in [1.165, 1.54) is 0 Å². The summed E-state index contributed by atoms with van der Waals surface area (Å²) in [6.07, 6.45) is 4.66. The van der Waals surface area contributed by atoms with Gasteiger partial charge < -0.3 is 4.90 Å². The van der Waals surface area contributed by atoms with Crippen LogP contribution in [0.3, 0.4) is 0 Å². The average Bonchev–Trinajstić information content (AvgIpc) is 2.47. The second kappa shape index (κ2) is 6.65. The third-order valence-electron chi connectivity index (χ3n) is 3.90. The fraction of sp³-hybridized carbons (Fsp3) is 0.533. The molecule has 0 aromatic heterocycles. The molecule has 2 rings (SSSR count). The van der Waals surface area contributed by atoms with Gasteiger partial charge in [0.05, 0.1) is 4.92 Å². The Bertz CT molecular complexity index is 546. The Kier molecular flexibility index (Phi) is 4.88. The highest BCUT2D eigenvalue weighted by Crippen LogP contribution is 2.27. The first-order valence-corrected chi connectivity index (χ1v) is 7.29. The van der Waals surface area contributed by atoms with E-state index in [-0.39, 0.29) is 17.3 Å². The summed E-state index contributed by atoms with van der Waals surface area (Å²) in [5.74, 6) is -1.06. The topological polar surface area (TPSA) is 63.5 Å². The molecule has 1 atom stereocenters. The summed E-state index contributed by atoms with van der Waals surface area (Å²) in [6.45, 7) is 2.62. The van der Waals surface area contributed by atoms with E-state index in [0.717, 1.165) is 50.3 Å². The zero-order valence-corrected chi connectivity index (χ0v) is 12.0. The summed E-state index contributed by atoms with van der Waals surface area (Å²) < 4.78 is 13.4. The molecule has 114 valence electrons. The number of carbonyl (C=O) groups is 1. The summed E-state index contributed by atoms with van der Waals surface area (Å²) in [5.41, 5.74) is -0.481. The van der Waals surface area contributed by atoms with Gasteiger partial charge in [0.2, 0.25) is 0 Å². The van der Waals surface area contributed by atoms with Crippen molar-refractivity contribution in [3.63, 3.8) is 0 Å². The number of likely N-dealkylation sites (tertiary alicyclic amines) is 1. The van der Waals surface area contributed by atoms with E-state index in [9.17, 15) is 19.3 Å². The maximum absolute atomic E-state index is 13.4. The Balaban J connectivity index is 2.33. The van der Waals surface area contributed by atoms with Crippen LogP contribution in [0.2, 0.25) is 0 Å².